The van der Waals surface area contributed by atoms with Crippen molar-refractivity contribution in [2.75, 3.05) is 0 Å². The summed E-state index contributed by atoms with van der Waals surface area (Å²) in [5.41, 5.74) is 3.41. The van der Waals surface area contributed by atoms with E-state index in [2.05, 4.69) is 120 Å². The Morgan fingerprint density at radius 3 is 2.32 bits per heavy atom. The molecule has 138 valence electrons. The van der Waals surface area contributed by atoms with Crippen LogP contribution in [0.2, 0.25) is 0 Å². The van der Waals surface area contributed by atoms with E-state index >= 15 is 0 Å². The minimum absolute atomic E-state index is 0.276. The van der Waals surface area contributed by atoms with Gasteiger partial charge in [-0.05, 0) is 35.7 Å². The molecule has 0 aromatic heterocycles. The van der Waals surface area contributed by atoms with Gasteiger partial charge in [0, 0.05) is 21.5 Å². The number of fused-ring (bicyclic) bond motifs is 2. The second-order valence-corrected chi connectivity index (χ2v) is 8.48. The summed E-state index contributed by atoms with van der Waals surface area (Å²) in [7, 11) is 0. The van der Waals surface area contributed by atoms with Gasteiger partial charge in [0.15, 0.2) is 0 Å². The number of halogens is 1. The molecule has 2 aliphatic rings. The van der Waals surface area contributed by atoms with Gasteiger partial charge in [-0.15, -0.1) is 0 Å². The summed E-state index contributed by atoms with van der Waals surface area (Å²) in [4.78, 5) is 0. The second kappa shape index (κ2) is 6.79. The van der Waals surface area contributed by atoms with Crippen molar-refractivity contribution >= 4 is 15.9 Å². The van der Waals surface area contributed by atoms with Crippen molar-refractivity contribution < 1.29 is 4.74 Å². The first-order chi connectivity index (χ1) is 13.7. The normalized spacial score (nSPS) is 24.9. The first-order valence-electron chi connectivity index (χ1n) is 9.69. The molecule has 1 nitrogen and oxygen atoms in total. The highest BCUT2D eigenvalue weighted by atomic mass is 79.9. The molecule has 0 saturated heterocycles. The third-order valence-corrected chi connectivity index (χ3v) is 6.53. The third kappa shape index (κ3) is 2.51. The van der Waals surface area contributed by atoms with Crippen LogP contribution in [0.1, 0.15) is 23.6 Å². The molecule has 28 heavy (non-hydrogen) atoms. The number of benzene rings is 3. The lowest BCUT2D eigenvalue weighted by Crippen LogP contribution is -2.42. The molecular formula is C26H21BrO. The van der Waals surface area contributed by atoms with E-state index in [1.54, 1.807) is 0 Å². The first-order valence-corrected chi connectivity index (χ1v) is 10.5. The highest BCUT2D eigenvalue weighted by molar-refractivity contribution is 9.10. The number of allylic oxidation sites excluding steroid dienone is 4. The standard InChI is InChI=1S/C26H21BrO/c1-18-9-5-6-12-21(18)26(19-10-3-2-4-11-19)22-13-7-8-14-24(22)28-25-16-15-20(27)17-23(25)26/h2-18,21H,1H3. The minimum Gasteiger partial charge on any atom is -0.457 e. The number of hydrogen-bond donors (Lipinski definition) is 0. The van der Waals surface area contributed by atoms with Gasteiger partial charge in [0.05, 0.1) is 5.41 Å². The molecule has 0 amide bonds. The lowest BCUT2D eigenvalue weighted by molar-refractivity contribution is 0.325. The molecule has 0 spiro atoms. The van der Waals surface area contributed by atoms with Crippen LogP contribution in [0.3, 0.4) is 0 Å². The fourth-order valence-electron chi connectivity index (χ4n) is 4.86. The number of hydrogen-bond acceptors (Lipinski definition) is 1. The van der Waals surface area contributed by atoms with Crippen LogP contribution in [0.4, 0.5) is 0 Å². The highest BCUT2D eigenvalue weighted by Crippen LogP contribution is 2.58. The van der Waals surface area contributed by atoms with Gasteiger partial charge >= 0.3 is 0 Å². The minimum atomic E-state index is -0.324. The van der Waals surface area contributed by atoms with E-state index in [-0.39, 0.29) is 11.3 Å². The summed E-state index contributed by atoms with van der Waals surface area (Å²) in [6, 6.07) is 25.7. The topological polar surface area (TPSA) is 9.23 Å². The van der Waals surface area contributed by atoms with Gasteiger partial charge < -0.3 is 4.74 Å². The fraction of sp³-hybridized carbons (Fsp3) is 0.154. The smallest absolute Gasteiger partial charge is 0.131 e. The Labute approximate surface area is 174 Å². The Bertz CT molecular complexity index is 1080. The maximum absolute atomic E-state index is 6.37. The van der Waals surface area contributed by atoms with Crippen molar-refractivity contribution in [1.29, 1.82) is 0 Å². The molecule has 2 heteroatoms. The Morgan fingerprint density at radius 1 is 0.786 bits per heavy atom. The lowest BCUT2D eigenvalue weighted by atomic mass is 9.57. The van der Waals surface area contributed by atoms with Gasteiger partial charge in [-0.3, -0.25) is 0 Å². The van der Waals surface area contributed by atoms with Crippen molar-refractivity contribution in [2.45, 2.75) is 12.3 Å². The zero-order valence-electron chi connectivity index (χ0n) is 15.7. The number of para-hydroxylation sites is 1. The maximum atomic E-state index is 6.37. The van der Waals surface area contributed by atoms with Crippen LogP contribution in [0.5, 0.6) is 11.5 Å². The molecule has 0 bridgehead atoms. The van der Waals surface area contributed by atoms with Crippen LogP contribution in [0, 0.1) is 11.8 Å². The largest absolute Gasteiger partial charge is 0.457 e. The predicted molar refractivity (Wildman–Crippen MR) is 118 cm³/mol. The molecule has 1 heterocycles. The van der Waals surface area contributed by atoms with Crippen LogP contribution in [-0.2, 0) is 5.41 Å². The zero-order chi connectivity index (χ0) is 19.1. The Morgan fingerprint density at radius 2 is 1.50 bits per heavy atom. The first kappa shape index (κ1) is 17.5. The Hall–Kier alpha value is -2.58. The van der Waals surface area contributed by atoms with Crippen LogP contribution in [0.15, 0.2) is 102 Å². The van der Waals surface area contributed by atoms with Gasteiger partial charge in [-0.25, -0.2) is 0 Å². The number of ether oxygens (including phenoxy) is 1. The molecular weight excluding hydrogens is 408 g/mol. The van der Waals surface area contributed by atoms with E-state index in [9.17, 15) is 0 Å². The van der Waals surface area contributed by atoms with Crippen molar-refractivity contribution in [3.05, 3.63) is 118 Å². The molecule has 5 rings (SSSR count). The summed E-state index contributed by atoms with van der Waals surface area (Å²) in [6.45, 7) is 2.31. The maximum Gasteiger partial charge on any atom is 0.131 e. The van der Waals surface area contributed by atoms with Crippen LogP contribution < -0.4 is 4.74 Å². The second-order valence-electron chi connectivity index (χ2n) is 7.57. The quantitative estimate of drug-likeness (QED) is 0.416. The Balaban J connectivity index is 1.93. The number of rotatable bonds is 2. The highest BCUT2D eigenvalue weighted by Gasteiger charge is 2.50. The Kier molecular flexibility index (Phi) is 4.25. The van der Waals surface area contributed by atoms with E-state index in [4.69, 9.17) is 4.74 Å². The van der Waals surface area contributed by atoms with E-state index < -0.39 is 0 Å². The molecule has 0 fully saturated rings. The third-order valence-electron chi connectivity index (χ3n) is 6.04. The summed E-state index contributed by atoms with van der Waals surface area (Å²) in [6.07, 6.45) is 9.02. The van der Waals surface area contributed by atoms with Crippen molar-refractivity contribution in [3.63, 3.8) is 0 Å². The SMILES string of the molecule is CC1C=CC=CC1C1(c2ccccc2)c2ccccc2Oc2ccc(Br)cc21. The fourth-order valence-corrected chi connectivity index (χ4v) is 5.23. The average molecular weight is 429 g/mol. The molecule has 0 N–H and O–H groups in total. The van der Waals surface area contributed by atoms with E-state index in [1.807, 2.05) is 0 Å². The molecule has 3 unspecified atom stereocenters. The summed E-state index contributed by atoms with van der Waals surface area (Å²) >= 11 is 3.71. The monoisotopic (exact) mass is 428 g/mol. The van der Waals surface area contributed by atoms with Crippen molar-refractivity contribution in [1.82, 2.24) is 0 Å². The van der Waals surface area contributed by atoms with Gasteiger partial charge in [0.25, 0.3) is 0 Å². The molecule has 3 aromatic rings. The van der Waals surface area contributed by atoms with Crippen LogP contribution >= 0.6 is 15.9 Å². The summed E-state index contributed by atoms with van der Waals surface area (Å²) in [5, 5.41) is 0. The summed E-state index contributed by atoms with van der Waals surface area (Å²) < 4.78 is 7.44. The van der Waals surface area contributed by atoms with Crippen LogP contribution in [-0.4, -0.2) is 0 Å². The molecule has 0 radical (unpaired) electrons. The van der Waals surface area contributed by atoms with Crippen molar-refractivity contribution in [3.8, 4) is 11.5 Å². The zero-order valence-corrected chi connectivity index (χ0v) is 17.3. The van der Waals surface area contributed by atoms with Crippen molar-refractivity contribution in [2.24, 2.45) is 11.8 Å². The average Bonchev–Trinajstić information content (AvgIpc) is 2.74. The van der Waals surface area contributed by atoms with Gasteiger partial charge in [0.1, 0.15) is 11.5 Å². The molecule has 3 aromatic carbocycles. The van der Waals surface area contributed by atoms with E-state index in [1.165, 1.54) is 16.7 Å². The molecule has 0 saturated carbocycles. The van der Waals surface area contributed by atoms with Crippen LogP contribution in [0.25, 0.3) is 0 Å². The van der Waals surface area contributed by atoms with Gasteiger partial charge in [-0.2, -0.15) is 0 Å². The van der Waals surface area contributed by atoms with Gasteiger partial charge in [-0.1, -0.05) is 95.7 Å². The van der Waals surface area contributed by atoms with E-state index in [0.29, 0.717) is 5.92 Å². The van der Waals surface area contributed by atoms with E-state index in [0.717, 1.165) is 16.0 Å². The lowest BCUT2D eigenvalue weighted by Gasteiger charge is -2.47. The molecule has 3 atom stereocenters. The van der Waals surface area contributed by atoms with Gasteiger partial charge in [0.2, 0.25) is 0 Å². The summed E-state index contributed by atoms with van der Waals surface area (Å²) in [5.74, 6) is 2.54. The predicted octanol–water partition coefficient (Wildman–Crippen LogP) is 7.27. The molecule has 1 aliphatic carbocycles. The molecule has 1 aliphatic heterocycles.